The first-order valence-corrected chi connectivity index (χ1v) is 6.71. The van der Waals surface area contributed by atoms with E-state index in [4.69, 9.17) is 0 Å². The molecule has 0 rings (SSSR count). The molecule has 0 aliphatic heterocycles. The highest BCUT2D eigenvalue weighted by Crippen LogP contribution is 2.28. The molecule has 0 N–H and O–H groups in total. The molecule has 0 unspecified atom stereocenters. The molecule has 0 aromatic carbocycles. The summed E-state index contributed by atoms with van der Waals surface area (Å²) in [4.78, 5) is 13.7. The zero-order valence-corrected chi connectivity index (χ0v) is 12.3. The summed E-state index contributed by atoms with van der Waals surface area (Å²) in [5, 5.41) is 0. The summed E-state index contributed by atoms with van der Waals surface area (Å²) in [6.45, 7) is 7.58. The van der Waals surface area contributed by atoms with Crippen molar-refractivity contribution in [1.29, 1.82) is 0 Å². The predicted molar refractivity (Wildman–Crippen MR) is 75.2 cm³/mol. The number of hydrogen-bond donors (Lipinski definition) is 0. The maximum absolute atomic E-state index is 11.6. The highest BCUT2D eigenvalue weighted by atomic mass is 16.1. The van der Waals surface area contributed by atoms with Gasteiger partial charge in [-0.1, -0.05) is 39.7 Å². The second-order valence-corrected chi connectivity index (χ2v) is 5.90. The van der Waals surface area contributed by atoms with E-state index in [-0.39, 0.29) is 5.78 Å². The Hall–Kier alpha value is -0.630. The smallest absolute Gasteiger partial charge is 0.155 e. The van der Waals surface area contributed by atoms with Crippen LogP contribution in [-0.4, -0.2) is 31.3 Å². The molecule has 0 spiro atoms. The van der Waals surface area contributed by atoms with E-state index < -0.39 is 0 Å². The van der Waals surface area contributed by atoms with Crippen molar-refractivity contribution in [2.45, 2.75) is 52.9 Å². The fourth-order valence-electron chi connectivity index (χ4n) is 1.72. The van der Waals surface area contributed by atoms with Crippen LogP contribution >= 0.6 is 0 Å². The number of unbranched alkanes of at least 4 members (excludes halogenated alkanes) is 1. The van der Waals surface area contributed by atoms with E-state index in [0.29, 0.717) is 11.8 Å². The lowest BCUT2D eigenvalue weighted by Crippen LogP contribution is -2.13. The predicted octanol–water partition coefficient (Wildman–Crippen LogP) is 3.67. The summed E-state index contributed by atoms with van der Waals surface area (Å²) >= 11 is 0. The Bertz CT molecular complexity index is 241. The van der Waals surface area contributed by atoms with Gasteiger partial charge in [0.25, 0.3) is 0 Å². The number of carbonyl (C=O) groups excluding carboxylic acids is 1. The number of carbonyl (C=O) groups is 1. The molecule has 0 fully saturated rings. The molecule has 0 saturated carbocycles. The van der Waals surface area contributed by atoms with Crippen LogP contribution in [0.15, 0.2) is 12.2 Å². The quantitative estimate of drug-likeness (QED) is 0.572. The Morgan fingerprint density at radius 2 is 1.88 bits per heavy atom. The Labute approximate surface area is 107 Å². The fourth-order valence-corrected chi connectivity index (χ4v) is 1.72. The van der Waals surface area contributed by atoms with Crippen molar-refractivity contribution < 1.29 is 4.79 Å². The lowest BCUT2D eigenvalue weighted by Gasteiger charge is -2.23. The third-order valence-electron chi connectivity index (χ3n) is 3.03. The van der Waals surface area contributed by atoms with Gasteiger partial charge in [-0.2, -0.15) is 0 Å². The van der Waals surface area contributed by atoms with Gasteiger partial charge in [0.15, 0.2) is 5.78 Å². The third kappa shape index (κ3) is 10.3. The van der Waals surface area contributed by atoms with Crippen LogP contribution in [-0.2, 0) is 4.79 Å². The standard InChI is InChI=1S/C15H29NO/c1-6-7-11-15(2,3)12-10-14(17)9-8-13-16(4)5/h8-9H,6-7,10-13H2,1-5H3/b9-8+. The topological polar surface area (TPSA) is 20.3 Å². The summed E-state index contributed by atoms with van der Waals surface area (Å²) in [7, 11) is 4.01. The van der Waals surface area contributed by atoms with Crippen LogP contribution < -0.4 is 0 Å². The summed E-state index contributed by atoms with van der Waals surface area (Å²) in [6.07, 6.45) is 9.08. The van der Waals surface area contributed by atoms with Gasteiger partial charge in [0, 0.05) is 13.0 Å². The SMILES string of the molecule is CCCCC(C)(C)CCC(=O)/C=C/CN(C)C. The van der Waals surface area contributed by atoms with Crippen molar-refractivity contribution in [1.82, 2.24) is 4.90 Å². The van der Waals surface area contributed by atoms with Crippen molar-refractivity contribution in [2.24, 2.45) is 5.41 Å². The third-order valence-corrected chi connectivity index (χ3v) is 3.03. The van der Waals surface area contributed by atoms with Gasteiger partial charge in [-0.25, -0.2) is 0 Å². The molecule has 0 atom stereocenters. The van der Waals surface area contributed by atoms with Crippen molar-refractivity contribution in [3.8, 4) is 0 Å². The molecular weight excluding hydrogens is 210 g/mol. The summed E-state index contributed by atoms with van der Waals surface area (Å²) in [5.41, 5.74) is 0.307. The minimum Gasteiger partial charge on any atom is -0.306 e. The molecule has 0 aliphatic rings. The number of ketones is 1. The average Bonchev–Trinajstić information content (AvgIpc) is 2.23. The van der Waals surface area contributed by atoms with Crippen molar-refractivity contribution in [3.05, 3.63) is 12.2 Å². The minimum absolute atomic E-state index is 0.261. The van der Waals surface area contributed by atoms with E-state index in [1.165, 1.54) is 19.3 Å². The summed E-state index contributed by atoms with van der Waals surface area (Å²) < 4.78 is 0. The van der Waals surface area contributed by atoms with E-state index in [2.05, 4.69) is 25.7 Å². The molecular formula is C15H29NO. The van der Waals surface area contributed by atoms with E-state index >= 15 is 0 Å². The number of likely N-dealkylation sites (N-methyl/N-ethyl adjacent to an activating group) is 1. The van der Waals surface area contributed by atoms with Gasteiger partial charge in [-0.15, -0.1) is 0 Å². The molecule has 0 aromatic heterocycles. The van der Waals surface area contributed by atoms with E-state index in [1.54, 1.807) is 6.08 Å². The van der Waals surface area contributed by atoms with E-state index in [1.807, 2.05) is 20.2 Å². The zero-order valence-electron chi connectivity index (χ0n) is 12.3. The Morgan fingerprint density at radius 1 is 1.24 bits per heavy atom. The molecule has 0 aromatic rings. The second-order valence-electron chi connectivity index (χ2n) is 5.90. The molecule has 0 amide bonds. The van der Waals surface area contributed by atoms with Gasteiger partial charge in [-0.05, 0) is 38.4 Å². The molecule has 2 heteroatoms. The van der Waals surface area contributed by atoms with E-state index in [9.17, 15) is 4.79 Å². The van der Waals surface area contributed by atoms with Gasteiger partial charge < -0.3 is 4.90 Å². The normalized spacial score (nSPS) is 12.6. The van der Waals surface area contributed by atoms with Crippen molar-refractivity contribution in [3.63, 3.8) is 0 Å². The summed E-state index contributed by atoms with van der Waals surface area (Å²) in [5.74, 6) is 0.261. The molecule has 0 heterocycles. The number of hydrogen-bond acceptors (Lipinski definition) is 2. The first kappa shape index (κ1) is 16.4. The first-order chi connectivity index (χ1) is 7.87. The second kappa shape index (κ2) is 8.46. The van der Waals surface area contributed by atoms with Crippen LogP contribution in [0.2, 0.25) is 0 Å². The van der Waals surface area contributed by atoms with Gasteiger partial charge >= 0.3 is 0 Å². The van der Waals surface area contributed by atoms with Gasteiger partial charge in [-0.3, -0.25) is 4.79 Å². The first-order valence-electron chi connectivity index (χ1n) is 6.71. The zero-order chi connectivity index (χ0) is 13.3. The Kier molecular flexibility index (Phi) is 8.15. The molecule has 100 valence electrons. The molecule has 0 radical (unpaired) electrons. The molecule has 0 bridgehead atoms. The number of rotatable bonds is 9. The average molecular weight is 239 g/mol. The molecule has 17 heavy (non-hydrogen) atoms. The molecule has 0 saturated heterocycles. The van der Waals surface area contributed by atoms with Crippen LogP contribution in [0.4, 0.5) is 0 Å². The van der Waals surface area contributed by atoms with Gasteiger partial charge in [0.05, 0.1) is 0 Å². The lowest BCUT2D eigenvalue weighted by atomic mass is 9.82. The van der Waals surface area contributed by atoms with Gasteiger partial charge in [0.1, 0.15) is 0 Å². The maximum atomic E-state index is 11.6. The largest absolute Gasteiger partial charge is 0.306 e. The Morgan fingerprint density at radius 3 is 2.41 bits per heavy atom. The van der Waals surface area contributed by atoms with Crippen LogP contribution in [0.25, 0.3) is 0 Å². The maximum Gasteiger partial charge on any atom is 0.155 e. The van der Waals surface area contributed by atoms with Crippen LogP contribution in [0.5, 0.6) is 0 Å². The van der Waals surface area contributed by atoms with E-state index in [0.717, 1.165) is 13.0 Å². The molecule has 2 nitrogen and oxygen atoms in total. The Balaban J connectivity index is 3.86. The lowest BCUT2D eigenvalue weighted by molar-refractivity contribution is -0.115. The minimum atomic E-state index is 0.261. The highest BCUT2D eigenvalue weighted by molar-refractivity contribution is 5.89. The summed E-state index contributed by atoms with van der Waals surface area (Å²) in [6, 6.07) is 0. The highest BCUT2D eigenvalue weighted by Gasteiger charge is 2.17. The fraction of sp³-hybridized carbons (Fsp3) is 0.800. The van der Waals surface area contributed by atoms with Crippen molar-refractivity contribution >= 4 is 5.78 Å². The van der Waals surface area contributed by atoms with Crippen molar-refractivity contribution in [2.75, 3.05) is 20.6 Å². The number of allylic oxidation sites excluding steroid dienone is 1. The number of nitrogens with zero attached hydrogens (tertiary/aromatic N) is 1. The van der Waals surface area contributed by atoms with Gasteiger partial charge in [0.2, 0.25) is 0 Å². The van der Waals surface area contributed by atoms with Crippen LogP contribution in [0, 0.1) is 5.41 Å². The monoisotopic (exact) mass is 239 g/mol. The van der Waals surface area contributed by atoms with Crippen LogP contribution in [0.1, 0.15) is 52.9 Å². The van der Waals surface area contributed by atoms with Crippen LogP contribution in [0.3, 0.4) is 0 Å². The molecule has 0 aliphatic carbocycles.